The van der Waals surface area contributed by atoms with E-state index < -0.39 is 14.9 Å². The molecule has 1 unspecified atom stereocenters. The van der Waals surface area contributed by atoms with Crippen molar-refractivity contribution in [2.75, 3.05) is 37.4 Å². The van der Waals surface area contributed by atoms with E-state index in [4.69, 9.17) is 4.52 Å². The Morgan fingerprint density at radius 1 is 0.545 bits per heavy atom. The predicted octanol–water partition coefficient (Wildman–Crippen LogP) is 10.3. The van der Waals surface area contributed by atoms with Crippen LogP contribution in [0.1, 0.15) is 143 Å². The van der Waals surface area contributed by atoms with E-state index in [1.807, 2.05) is 6.92 Å². The summed E-state index contributed by atoms with van der Waals surface area (Å²) in [6.07, 6.45) is 29.6. The summed E-state index contributed by atoms with van der Waals surface area (Å²) in [5.41, 5.74) is 0. The standard InChI is InChI=1S/C28H60O3P2/c1-5-9-12-15-18-21-24-32(25-22-19-16-13-10-6-2,26-23-20-17-14-11-7-3)27-28-33(29,30)31-8-4/h5-28H2,1-4H3/p+1. The van der Waals surface area contributed by atoms with Crippen LogP contribution >= 0.6 is 14.9 Å². The van der Waals surface area contributed by atoms with Crippen LogP contribution < -0.4 is 0 Å². The maximum absolute atomic E-state index is 12.6. The van der Waals surface area contributed by atoms with Gasteiger partial charge in [0.25, 0.3) is 0 Å². The third-order valence-electron chi connectivity index (χ3n) is 7.15. The molecular weight excluding hydrogens is 446 g/mol. The molecule has 0 aromatic carbocycles. The van der Waals surface area contributed by atoms with Gasteiger partial charge in [-0.15, -0.1) is 0 Å². The third kappa shape index (κ3) is 20.5. The van der Waals surface area contributed by atoms with Crippen LogP contribution in [0.3, 0.4) is 0 Å². The van der Waals surface area contributed by atoms with E-state index in [2.05, 4.69) is 20.8 Å². The zero-order valence-electron chi connectivity index (χ0n) is 23.1. The molecule has 0 spiro atoms. The Morgan fingerprint density at radius 2 is 0.879 bits per heavy atom. The van der Waals surface area contributed by atoms with Gasteiger partial charge in [0.1, 0.15) is 0 Å². The Balaban J connectivity index is 5.01. The van der Waals surface area contributed by atoms with E-state index in [0.29, 0.717) is 12.8 Å². The highest BCUT2D eigenvalue weighted by molar-refractivity contribution is 7.76. The first-order chi connectivity index (χ1) is 15.9. The molecule has 0 aromatic heterocycles. The minimum Gasteiger partial charge on any atom is -0.324 e. The number of hydrogen-bond acceptors (Lipinski definition) is 2. The van der Waals surface area contributed by atoms with Crippen LogP contribution in [0.25, 0.3) is 0 Å². The van der Waals surface area contributed by atoms with E-state index in [1.165, 1.54) is 134 Å². The summed E-state index contributed by atoms with van der Waals surface area (Å²) in [5.74, 6) is 0. The number of rotatable bonds is 26. The van der Waals surface area contributed by atoms with Crippen molar-refractivity contribution in [2.45, 2.75) is 143 Å². The lowest BCUT2D eigenvalue weighted by Gasteiger charge is -2.29. The van der Waals surface area contributed by atoms with Crippen molar-refractivity contribution in [3.8, 4) is 0 Å². The molecule has 1 N–H and O–H groups in total. The van der Waals surface area contributed by atoms with Crippen LogP contribution in [0, 0.1) is 0 Å². The summed E-state index contributed by atoms with van der Waals surface area (Å²) in [5, 5.41) is 0. The topological polar surface area (TPSA) is 46.5 Å². The van der Waals surface area contributed by atoms with Crippen molar-refractivity contribution in [2.24, 2.45) is 0 Å². The van der Waals surface area contributed by atoms with E-state index in [-0.39, 0.29) is 0 Å². The summed E-state index contributed by atoms with van der Waals surface area (Å²) in [7, 11) is -4.62. The van der Waals surface area contributed by atoms with Gasteiger partial charge in [-0.3, -0.25) is 4.57 Å². The summed E-state index contributed by atoms with van der Waals surface area (Å²) in [4.78, 5) is 10.3. The minimum atomic E-state index is -3.42. The maximum Gasteiger partial charge on any atom is 0.331 e. The van der Waals surface area contributed by atoms with E-state index in [0.717, 1.165) is 6.16 Å². The first-order valence-corrected chi connectivity index (χ1v) is 19.1. The second kappa shape index (κ2) is 23.0. The molecule has 0 aliphatic carbocycles. The number of hydrogen-bond donors (Lipinski definition) is 1. The second-order valence-electron chi connectivity index (χ2n) is 10.3. The normalized spacial score (nSPS) is 14.0. The molecule has 0 aliphatic rings. The van der Waals surface area contributed by atoms with Crippen molar-refractivity contribution in [3.05, 3.63) is 0 Å². The van der Waals surface area contributed by atoms with Crippen LogP contribution in [0.2, 0.25) is 0 Å². The quantitative estimate of drug-likeness (QED) is 0.0935. The lowest BCUT2D eigenvalue weighted by atomic mass is 10.1. The summed E-state index contributed by atoms with van der Waals surface area (Å²) >= 11 is 0. The van der Waals surface area contributed by atoms with Gasteiger partial charge in [0.05, 0.1) is 37.4 Å². The Hall–Kier alpha value is 0.580. The first-order valence-electron chi connectivity index (χ1n) is 14.8. The second-order valence-corrected chi connectivity index (χ2v) is 16.8. The molecule has 0 aliphatic heterocycles. The summed E-state index contributed by atoms with van der Waals surface area (Å²) in [6, 6.07) is 0. The van der Waals surface area contributed by atoms with Crippen LogP contribution in [-0.2, 0) is 9.09 Å². The Labute approximate surface area is 209 Å². The molecule has 0 rings (SSSR count). The molecule has 0 aromatic rings. The Morgan fingerprint density at radius 3 is 1.21 bits per heavy atom. The minimum absolute atomic E-state index is 0.339. The average molecular weight is 508 g/mol. The largest absolute Gasteiger partial charge is 0.331 e. The number of unbranched alkanes of at least 4 members (excludes halogenated alkanes) is 15. The van der Waals surface area contributed by atoms with Crippen molar-refractivity contribution < 1.29 is 14.0 Å². The first kappa shape index (κ1) is 33.6. The molecule has 0 saturated heterocycles. The fourth-order valence-electron chi connectivity index (χ4n) is 4.96. The monoisotopic (exact) mass is 507 g/mol. The van der Waals surface area contributed by atoms with Gasteiger partial charge < -0.3 is 9.42 Å². The van der Waals surface area contributed by atoms with Gasteiger partial charge in [0.2, 0.25) is 0 Å². The van der Waals surface area contributed by atoms with E-state index in [9.17, 15) is 9.46 Å². The van der Waals surface area contributed by atoms with Gasteiger partial charge >= 0.3 is 7.60 Å². The molecule has 0 heterocycles. The fourth-order valence-corrected chi connectivity index (χ4v) is 12.2. The Kier molecular flexibility index (Phi) is 23.4. The van der Waals surface area contributed by atoms with Gasteiger partial charge in [0.15, 0.2) is 0 Å². The van der Waals surface area contributed by atoms with Gasteiger partial charge in [-0.05, 0) is 45.4 Å². The predicted molar refractivity (Wildman–Crippen MR) is 153 cm³/mol. The summed E-state index contributed by atoms with van der Waals surface area (Å²) in [6.45, 7) is 9.01. The molecule has 1 atom stereocenters. The molecular formula is C28H61O3P2+. The Bertz CT molecular complexity index is 416. The van der Waals surface area contributed by atoms with Crippen molar-refractivity contribution in [1.82, 2.24) is 0 Å². The van der Waals surface area contributed by atoms with Gasteiger partial charge in [-0.2, -0.15) is 0 Å². The summed E-state index contributed by atoms with van der Waals surface area (Å²) < 4.78 is 17.8. The lowest BCUT2D eigenvalue weighted by molar-refractivity contribution is 0.275. The maximum atomic E-state index is 12.6. The molecule has 0 bridgehead atoms. The van der Waals surface area contributed by atoms with Crippen molar-refractivity contribution in [1.29, 1.82) is 0 Å². The highest BCUT2D eigenvalue weighted by Gasteiger charge is 2.38. The molecule has 200 valence electrons. The van der Waals surface area contributed by atoms with Crippen molar-refractivity contribution >= 4 is 14.9 Å². The third-order valence-corrected chi connectivity index (χ3v) is 13.9. The molecule has 5 heteroatoms. The van der Waals surface area contributed by atoms with E-state index in [1.54, 1.807) is 0 Å². The van der Waals surface area contributed by atoms with Crippen LogP contribution in [-0.4, -0.2) is 42.3 Å². The van der Waals surface area contributed by atoms with Crippen LogP contribution in [0.15, 0.2) is 0 Å². The van der Waals surface area contributed by atoms with Gasteiger partial charge in [-0.25, -0.2) is 0 Å². The molecule has 0 radical (unpaired) electrons. The fraction of sp³-hybridized carbons (Fsp3) is 1.00. The van der Waals surface area contributed by atoms with Crippen LogP contribution in [0.5, 0.6) is 0 Å². The highest BCUT2D eigenvalue weighted by atomic mass is 31.2. The SMILES string of the molecule is CCCCCCCC[P+](CCCCCCCC)(CCCCCCCC)CCP(=O)(O)OCC. The molecule has 0 amide bonds. The highest BCUT2D eigenvalue weighted by Crippen LogP contribution is 2.63. The zero-order chi connectivity index (χ0) is 24.7. The zero-order valence-corrected chi connectivity index (χ0v) is 24.9. The molecule has 0 fully saturated rings. The van der Waals surface area contributed by atoms with Gasteiger partial charge in [-0.1, -0.05) is 97.8 Å². The molecule has 0 saturated carbocycles. The van der Waals surface area contributed by atoms with Crippen LogP contribution in [0.4, 0.5) is 0 Å². The van der Waals surface area contributed by atoms with Gasteiger partial charge in [0, 0.05) is 7.26 Å². The smallest absolute Gasteiger partial charge is 0.324 e. The van der Waals surface area contributed by atoms with E-state index >= 15 is 0 Å². The van der Waals surface area contributed by atoms with Crippen molar-refractivity contribution in [3.63, 3.8) is 0 Å². The average Bonchev–Trinajstić information content (AvgIpc) is 2.79. The molecule has 3 nitrogen and oxygen atoms in total. The molecule has 33 heavy (non-hydrogen) atoms. The lowest BCUT2D eigenvalue weighted by Crippen LogP contribution is -2.16.